The average Bonchev–Trinajstić information content (AvgIpc) is 2.94. The Hall–Kier alpha value is -0.700. The van der Waals surface area contributed by atoms with E-state index < -0.39 is 0 Å². The third-order valence-corrected chi connectivity index (χ3v) is 5.16. The van der Waals surface area contributed by atoms with Gasteiger partial charge in [-0.3, -0.25) is 0 Å². The molecule has 140 valence electrons. The third kappa shape index (κ3) is 7.21. The number of imidazole rings is 1. The molecule has 0 fully saturated rings. The van der Waals surface area contributed by atoms with Crippen molar-refractivity contribution in [2.24, 2.45) is 7.05 Å². The van der Waals surface area contributed by atoms with Crippen LogP contribution in [0, 0.1) is 0 Å². The normalized spacial score (nSPS) is 12.0. The second kappa shape index (κ2) is 11.8. The highest BCUT2D eigenvalue weighted by Gasteiger charge is 2.23. The number of rotatable bonds is 10. The third-order valence-electron chi connectivity index (χ3n) is 4.49. The molecule has 25 heavy (non-hydrogen) atoms. The minimum absolute atomic E-state index is 0. The number of aromatic nitrogens is 2. The van der Waals surface area contributed by atoms with Crippen LogP contribution < -0.4 is 17.0 Å². The van der Waals surface area contributed by atoms with Gasteiger partial charge in [-0.1, -0.05) is 49.9 Å². The fourth-order valence-electron chi connectivity index (χ4n) is 3.09. The zero-order valence-electron chi connectivity index (χ0n) is 15.2. The van der Waals surface area contributed by atoms with E-state index in [0.717, 1.165) is 30.8 Å². The molecule has 2 rings (SSSR count). The first-order chi connectivity index (χ1) is 11.6. The molecule has 0 N–H and O–H groups in total. The number of hydrogen-bond donors (Lipinski definition) is 0. The van der Waals surface area contributed by atoms with Crippen molar-refractivity contribution < 1.29 is 17.0 Å². The van der Waals surface area contributed by atoms with E-state index in [1.165, 1.54) is 37.1 Å². The fourth-order valence-corrected chi connectivity index (χ4v) is 3.65. The predicted octanol–water partition coefficient (Wildman–Crippen LogP) is 2.85. The number of nitrogens with zero attached hydrogens (tertiary/aromatic N) is 2. The van der Waals surface area contributed by atoms with Crippen LogP contribution in [-0.2, 0) is 20.0 Å². The number of alkyl halides is 1. The maximum atomic E-state index is 6.66. The molecule has 0 bridgehead atoms. The molecule has 0 aliphatic carbocycles. The van der Waals surface area contributed by atoms with Gasteiger partial charge in [0.05, 0.1) is 13.6 Å². The summed E-state index contributed by atoms with van der Waals surface area (Å²) < 4.78 is 4.49. The van der Waals surface area contributed by atoms with Crippen LogP contribution in [0.5, 0.6) is 0 Å². The van der Waals surface area contributed by atoms with Crippen LogP contribution in [0.3, 0.4) is 0 Å². The molecule has 2 nitrogen and oxygen atoms in total. The van der Waals surface area contributed by atoms with Crippen molar-refractivity contribution in [2.75, 3.05) is 0 Å². The first kappa shape index (κ1) is 22.3. The van der Waals surface area contributed by atoms with Gasteiger partial charge in [-0.25, -0.2) is 9.13 Å². The molecule has 1 aromatic heterocycles. The van der Waals surface area contributed by atoms with E-state index in [1.807, 2.05) is 12.1 Å². The lowest BCUT2D eigenvalue weighted by Crippen LogP contribution is -3.00. The van der Waals surface area contributed by atoms with Crippen molar-refractivity contribution in [1.29, 1.82) is 0 Å². The van der Waals surface area contributed by atoms with Crippen molar-refractivity contribution in [3.63, 3.8) is 0 Å². The molecule has 1 heterocycles. The maximum Gasteiger partial charge on any atom is 0.274 e. The number of hydrogen-bond acceptors (Lipinski definition) is 0. The smallest absolute Gasteiger partial charge is 0.274 e. The first-order valence-corrected chi connectivity index (χ1v) is 9.86. The number of halogens is 3. The zero-order valence-corrected chi connectivity index (χ0v) is 17.5. The Morgan fingerprint density at radius 1 is 1.08 bits per heavy atom. The van der Waals surface area contributed by atoms with Crippen LogP contribution >= 0.6 is 23.2 Å². The Morgan fingerprint density at radius 3 is 2.48 bits per heavy atom. The van der Waals surface area contributed by atoms with E-state index in [1.54, 1.807) is 0 Å². The van der Waals surface area contributed by atoms with Crippen molar-refractivity contribution in [1.82, 2.24) is 4.57 Å². The molecule has 1 unspecified atom stereocenters. The van der Waals surface area contributed by atoms with Crippen LogP contribution in [0.2, 0.25) is 5.02 Å². The number of aryl methyl sites for hydroxylation is 3. The predicted molar refractivity (Wildman–Crippen MR) is 103 cm³/mol. The monoisotopic (exact) mass is 402 g/mol. The topological polar surface area (TPSA) is 8.81 Å². The van der Waals surface area contributed by atoms with Gasteiger partial charge >= 0.3 is 0 Å². The van der Waals surface area contributed by atoms with Gasteiger partial charge in [-0.15, -0.1) is 11.6 Å². The van der Waals surface area contributed by atoms with Gasteiger partial charge in [-0.05, 0) is 43.4 Å². The SMILES string of the molecule is CCCCCC(Cl)c1n(CCCCc2ccc(Cl)cc2)cc[n+]1C.[Cl-]. The Labute approximate surface area is 168 Å². The summed E-state index contributed by atoms with van der Waals surface area (Å²) in [6.07, 6.45) is 12.5. The van der Waals surface area contributed by atoms with E-state index in [0.29, 0.717) is 0 Å². The fraction of sp³-hybridized carbons (Fsp3) is 0.550. The molecular formula is C20H29Cl3N2. The lowest BCUT2D eigenvalue weighted by molar-refractivity contribution is -0.679. The number of unbranched alkanes of at least 4 members (excludes halogenated alkanes) is 3. The summed E-state index contributed by atoms with van der Waals surface area (Å²) in [5.74, 6) is 1.24. The molecule has 0 amide bonds. The summed E-state index contributed by atoms with van der Waals surface area (Å²) >= 11 is 12.6. The second-order valence-electron chi connectivity index (χ2n) is 6.51. The van der Waals surface area contributed by atoms with Crippen molar-refractivity contribution in [3.8, 4) is 0 Å². The summed E-state index contributed by atoms with van der Waals surface area (Å²) in [5, 5.41) is 0.910. The highest BCUT2D eigenvalue weighted by atomic mass is 35.5. The Morgan fingerprint density at radius 2 is 1.80 bits per heavy atom. The molecule has 1 atom stereocenters. The van der Waals surface area contributed by atoms with Gasteiger partial charge in [0.25, 0.3) is 5.82 Å². The first-order valence-electron chi connectivity index (χ1n) is 9.05. The quantitative estimate of drug-likeness (QED) is 0.328. The highest BCUT2D eigenvalue weighted by molar-refractivity contribution is 6.30. The molecule has 2 aromatic rings. The summed E-state index contributed by atoms with van der Waals surface area (Å²) in [6.45, 7) is 3.26. The molecule has 0 aliphatic heterocycles. The van der Waals surface area contributed by atoms with E-state index in [4.69, 9.17) is 23.2 Å². The summed E-state index contributed by atoms with van der Waals surface area (Å²) in [5.41, 5.74) is 1.35. The minimum atomic E-state index is 0. The van der Waals surface area contributed by atoms with Crippen molar-refractivity contribution >= 4 is 23.2 Å². The van der Waals surface area contributed by atoms with E-state index in [2.05, 4.69) is 47.6 Å². The van der Waals surface area contributed by atoms with Crippen LogP contribution in [0.4, 0.5) is 0 Å². The van der Waals surface area contributed by atoms with Crippen LogP contribution in [0.25, 0.3) is 0 Å². The Bertz CT molecular complexity index is 608. The number of benzene rings is 1. The molecule has 0 saturated carbocycles. The lowest BCUT2D eigenvalue weighted by atomic mass is 10.1. The zero-order chi connectivity index (χ0) is 17.4. The van der Waals surface area contributed by atoms with Gasteiger partial charge in [0.2, 0.25) is 0 Å². The molecular weight excluding hydrogens is 375 g/mol. The van der Waals surface area contributed by atoms with E-state index in [-0.39, 0.29) is 17.8 Å². The van der Waals surface area contributed by atoms with Crippen molar-refractivity contribution in [2.45, 2.75) is 63.8 Å². The Balaban J connectivity index is 0.00000312. The highest BCUT2D eigenvalue weighted by Crippen LogP contribution is 2.24. The van der Waals surface area contributed by atoms with Gasteiger partial charge in [0.1, 0.15) is 17.8 Å². The molecule has 0 aliphatic rings. The van der Waals surface area contributed by atoms with Crippen LogP contribution in [0.1, 0.15) is 62.2 Å². The van der Waals surface area contributed by atoms with Gasteiger partial charge in [-0.2, -0.15) is 0 Å². The lowest BCUT2D eigenvalue weighted by Gasteiger charge is -2.09. The molecule has 0 saturated heterocycles. The molecule has 1 aromatic carbocycles. The van der Waals surface area contributed by atoms with Gasteiger partial charge in [0, 0.05) is 5.02 Å². The average molecular weight is 404 g/mol. The summed E-state index contributed by atoms with van der Waals surface area (Å²) in [7, 11) is 2.09. The maximum absolute atomic E-state index is 6.66. The van der Waals surface area contributed by atoms with E-state index >= 15 is 0 Å². The largest absolute Gasteiger partial charge is 1.00 e. The molecule has 0 spiro atoms. The van der Waals surface area contributed by atoms with Gasteiger partial charge in [0.15, 0.2) is 0 Å². The van der Waals surface area contributed by atoms with Crippen LogP contribution in [-0.4, -0.2) is 4.57 Å². The van der Waals surface area contributed by atoms with E-state index in [9.17, 15) is 0 Å². The van der Waals surface area contributed by atoms with Gasteiger partial charge < -0.3 is 12.4 Å². The molecule has 0 radical (unpaired) electrons. The standard InChI is InChI=1S/C20H29Cl2N2.ClH/c1-3-4-5-9-19(22)20-23(2)15-16-24(20)14-7-6-8-17-10-12-18(21)13-11-17;/h10-13,15-16,19H,3-9,14H2,1-2H3;1H/q+1;/p-1. The second-order valence-corrected chi connectivity index (χ2v) is 7.47. The summed E-state index contributed by atoms with van der Waals surface area (Å²) in [6, 6.07) is 8.17. The minimum Gasteiger partial charge on any atom is -1.00 e. The summed E-state index contributed by atoms with van der Waals surface area (Å²) in [4.78, 5) is 0. The van der Waals surface area contributed by atoms with Crippen molar-refractivity contribution in [3.05, 3.63) is 53.1 Å². The molecule has 5 heteroatoms. The van der Waals surface area contributed by atoms with Crippen LogP contribution in [0.15, 0.2) is 36.7 Å². The Kier molecular flexibility index (Phi) is 10.6.